The number of rotatable bonds is 9. The summed E-state index contributed by atoms with van der Waals surface area (Å²) in [7, 11) is 0. The number of alkyl halides is 3. The van der Waals surface area contributed by atoms with Crippen LogP contribution in [0.4, 0.5) is 13.2 Å². The van der Waals surface area contributed by atoms with E-state index in [9.17, 15) is 32.3 Å². The van der Waals surface area contributed by atoms with Crippen molar-refractivity contribution in [1.29, 1.82) is 0 Å². The standard InChI is InChI=1S/C25H26ClF3N2O10/c1-11(32)36-10-18-19(37-12(2)33)20(38-13(3)34)21(39-14(4)35)24(40-18)41-23-17(22(30-31-23)25(27,28)29)9-15-5-7-16(26)8-6-15/h5-8,18-21,24H,9-10H2,1-4H3,(H,30,31)/t18-,19-,20+,21-,24?/m1/s1. The number of hydrogen-bond acceptors (Lipinski definition) is 11. The number of carbonyl (C=O) groups excluding carboxylic acids is 4. The van der Waals surface area contributed by atoms with Gasteiger partial charge >= 0.3 is 30.1 Å². The van der Waals surface area contributed by atoms with Crippen LogP contribution in [0, 0.1) is 0 Å². The minimum absolute atomic E-state index is 0.316. The second kappa shape index (κ2) is 13.2. The van der Waals surface area contributed by atoms with E-state index in [-0.39, 0.29) is 6.42 Å². The maximum atomic E-state index is 13.9. The molecule has 0 radical (unpaired) electrons. The van der Waals surface area contributed by atoms with Gasteiger partial charge in [-0.1, -0.05) is 23.7 Å². The van der Waals surface area contributed by atoms with Crippen LogP contribution in [-0.2, 0) is 55.5 Å². The molecule has 1 aromatic carbocycles. The number of ether oxygens (including phenoxy) is 6. The Bertz CT molecular complexity index is 1270. The number of esters is 4. The molecule has 5 atom stereocenters. The van der Waals surface area contributed by atoms with Gasteiger partial charge in [0.05, 0.1) is 5.56 Å². The van der Waals surface area contributed by atoms with Gasteiger partial charge in [-0.3, -0.25) is 24.3 Å². The van der Waals surface area contributed by atoms with Crippen molar-refractivity contribution in [2.45, 2.75) is 71.0 Å². The van der Waals surface area contributed by atoms with E-state index >= 15 is 0 Å². The highest BCUT2D eigenvalue weighted by atomic mass is 35.5. The highest BCUT2D eigenvalue weighted by Gasteiger charge is 2.54. The first-order valence-corrected chi connectivity index (χ1v) is 12.4. The molecule has 0 saturated carbocycles. The largest absolute Gasteiger partial charge is 0.463 e. The van der Waals surface area contributed by atoms with E-state index in [1.54, 1.807) is 0 Å². The molecule has 1 saturated heterocycles. The summed E-state index contributed by atoms with van der Waals surface area (Å²) >= 11 is 5.89. The van der Waals surface area contributed by atoms with Crippen molar-refractivity contribution >= 4 is 35.5 Å². The molecule has 0 spiro atoms. The third-order valence-corrected chi connectivity index (χ3v) is 5.83. The summed E-state index contributed by atoms with van der Waals surface area (Å²) in [6.07, 6.45) is -13.0. The van der Waals surface area contributed by atoms with E-state index in [4.69, 9.17) is 40.0 Å². The second-order valence-corrected chi connectivity index (χ2v) is 9.31. The van der Waals surface area contributed by atoms with Crippen LogP contribution < -0.4 is 4.74 Å². The van der Waals surface area contributed by atoms with Crippen molar-refractivity contribution in [1.82, 2.24) is 10.2 Å². The minimum Gasteiger partial charge on any atom is -0.463 e. The van der Waals surface area contributed by atoms with Gasteiger partial charge < -0.3 is 28.4 Å². The lowest BCUT2D eigenvalue weighted by atomic mass is 9.98. The van der Waals surface area contributed by atoms with E-state index in [1.165, 1.54) is 24.3 Å². The molecule has 3 rings (SSSR count). The smallest absolute Gasteiger partial charge is 0.433 e. The molecule has 2 aromatic rings. The number of halogens is 4. The van der Waals surface area contributed by atoms with Crippen molar-refractivity contribution < 1.29 is 60.8 Å². The van der Waals surface area contributed by atoms with Gasteiger partial charge in [0.15, 0.2) is 12.2 Å². The first kappa shape index (κ1) is 31.7. The molecule has 1 aliphatic rings. The Balaban J connectivity index is 2.07. The van der Waals surface area contributed by atoms with E-state index < -0.39 is 84.5 Å². The van der Waals surface area contributed by atoms with Crippen molar-refractivity contribution in [2.75, 3.05) is 6.61 Å². The summed E-state index contributed by atoms with van der Waals surface area (Å²) in [6.45, 7) is 3.62. The van der Waals surface area contributed by atoms with Gasteiger partial charge in [0.1, 0.15) is 18.4 Å². The average molecular weight is 607 g/mol. The van der Waals surface area contributed by atoms with E-state index in [1.807, 2.05) is 5.10 Å². The zero-order valence-corrected chi connectivity index (χ0v) is 22.9. The van der Waals surface area contributed by atoms with Gasteiger partial charge in [0.25, 0.3) is 0 Å². The number of aromatic amines is 1. The molecule has 0 bridgehead atoms. The summed E-state index contributed by atoms with van der Waals surface area (Å²) < 4.78 is 74.0. The lowest BCUT2D eigenvalue weighted by molar-refractivity contribution is -0.289. The summed E-state index contributed by atoms with van der Waals surface area (Å²) in [6, 6.07) is 6.00. The lowest BCUT2D eigenvalue weighted by Crippen LogP contribution is -2.63. The maximum Gasteiger partial charge on any atom is 0.433 e. The molecule has 2 heterocycles. The normalized spacial score (nSPS) is 22.4. The fourth-order valence-corrected chi connectivity index (χ4v) is 4.17. The van der Waals surface area contributed by atoms with Crippen LogP contribution in [0.15, 0.2) is 24.3 Å². The Hall–Kier alpha value is -3.85. The zero-order chi connectivity index (χ0) is 30.5. The summed E-state index contributed by atoms with van der Waals surface area (Å²) in [4.78, 5) is 47.4. The predicted molar refractivity (Wildman–Crippen MR) is 130 cm³/mol. The fraction of sp³-hybridized carbons (Fsp3) is 0.480. The molecular weight excluding hydrogens is 581 g/mol. The van der Waals surface area contributed by atoms with Gasteiger partial charge in [0, 0.05) is 39.1 Å². The molecular formula is C25H26ClF3N2O10. The van der Waals surface area contributed by atoms with Crippen molar-refractivity contribution in [3.8, 4) is 5.88 Å². The minimum atomic E-state index is -4.86. The summed E-state index contributed by atoms with van der Waals surface area (Å²) in [5.74, 6) is -3.97. The monoisotopic (exact) mass is 606 g/mol. The molecule has 1 aromatic heterocycles. The van der Waals surface area contributed by atoms with Crippen molar-refractivity contribution in [3.63, 3.8) is 0 Å². The number of benzene rings is 1. The Kier molecular flexibility index (Phi) is 10.2. The molecule has 0 amide bonds. The average Bonchev–Trinajstić information content (AvgIpc) is 3.24. The van der Waals surface area contributed by atoms with Gasteiger partial charge in [-0.05, 0) is 17.7 Å². The Morgan fingerprint density at radius 3 is 2.00 bits per heavy atom. The molecule has 1 N–H and O–H groups in total. The molecule has 1 aliphatic heterocycles. The summed E-state index contributed by atoms with van der Waals surface area (Å²) in [5, 5.41) is 5.94. The zero-order valence-electron chi connectivity index (χ0n) is 22.2. The molecule has 1 unspecified atom stereocenters. The highest BCUT2D eigenvalue weighted by Crippen LogP contribution is 2.38. The Morgan fingerprint density at radius 2 is 1.46 bits per heavy atom. The quantitative estimate of drug-likeness (QED) is 0.331. The van der Waals surface area contributed by atoms with E-state index in [0.29, 0.717) is 10.6 Å². The molecule has 41 heavy (non-hydrogen) atoms. The SMILES string of the molecule is CC(=O)OC[C@H]1OC(Oc2n[nH]c(C(F)(F)F)c2Cc2ccc(Cl)cc2)[C@H](OC(C)=O)[C@@H](OC(C)=O)[C@@H]1OC(C)=O. The highest BCUT2D eigenvalue weighted by molar-refractivity contribution is 6.30. The molecule has 224 valence electrons. The number of hydrogen-bond donors (Lipinski definition) is 1. The van der Waals surface area contributed by atoms with Gasteiger partial charge in [-0.25, -0.2) is 0 Å². The number of aromatic nitrogens is 2. The molecule has 12 nitrogen and oxygen atoms in total. The Morgan fingerprint density at radius 1 is 0.902 bits per heavy atom. The van der Waals surface area contributed by atoms with Crippen LogP contribution in [0.2, 0.25) is 5.02 Å². The Labute approximate surface area is 236 Å². The van der Waals surface area contributed by atoms with E-state index in [2.05, 4.69) is 5.10 Å². The second-order valence-electron chi connectivity index (χ2n) is 8.87. The van der Waals surface area contributed by atoms with Crippen molar-refractivity contribution in [3.05, 3.63) is 46.1 Å². The molecule has 0 aliphatic carbocycles. The maximum absolute atomic E-state index is 13.9. The van der Waals surface area contributed by atoms with Gasteiger partial charge in [-0.15, -0.1) is 5.10 Å². The topological polar surface area (TPSA) is 152 Å². The third kappa shape index (κ3) is 8.57. The van der Waals surface area contributed by atoms with Crippen LogP contribution in [0.5, 0.6) is 5.88 Å². The van der Waals surface area contributed by atoms with Gasteiger partial charge in [0.2, 0.25) is 18.3 Å². The first-order valence-electron chi connectivity index (χ1n) is 12.0. The fourth-order valence-electron chi connectivity index (χ4n) is 4.04. The van der Waals surface area contributed by atoms with Crippen LogP contribution in [0.25, 0.3) is 0 Å². The van der Waals surface area contributed by atoms with Gasteiger partial charge in [-0.2, -0.15) is 13.2 Å². The number of nitrogens with one attached hydrogen (secondary N) is 1. The number of nitrogens with zero attached hydrogens (tertiary/aromatic N) is 1. The third-order valence-electron chi connectivity index (χ3n) is 5.58. The number of carbonyl (C=O) groups is 4. The van der Waals surface area contributed by atoms with Crippen LogP contribution in [0.1, 0.15) is 44.5 Å². The predicted octanol–water partition coefficient (Wildman–Crippen LogP) is 3.13. The van der Waals surface area contributed by atoms with Crippen LogP contribution in [-0.4, -0.2) is 71.4 Å². The first-order chi connectivity index (χ1) is 19.1. The van der Waals surface area contributed by atoms with E-state index in [0.717, 1.165) is 27.7 Å². The lowest BCUT2D eigenvalue weighted by Gasteiger charge is -2.43. The number of H-pyrrole nitrogens is 1. The summed E-state index contributed by atoms with van der Waals surface area (Å²) in [5.41, 5.74) is -1.21. The van der Waals surface area contributed by atoms with Crippen LogP contribution in [0.3, 0.4) is 0 Å². The molecule has 16 heteroatoms. The van der Waals surface area contributed by atoms with Crippen LogP contribution >= 0.6 is 11.6 Å². The molecule has 1 fully saturated rings. The van der Waals surface area contributed by atoms with Crippen molar-refractivity contribution in [2.24, 2.45) is 0 Å².